The SMILES string of the molecule is COc1ccc(Br)c(C(N)CNC(=O)OC(C)(C)C)c1. The molecule has 1 rings (SSSR count). The molecule has 1 amide bonds. The van der Waals surface area contributed by atoms with E-state index in [4.69, 9.17) is 15.2 Å². The molecule has 0 aromatic heterocycles. The number of carbonyl (C=O) groups is 1. The van der Waals surface area contributed by atoms with Crippen molar-refractivity contribution in [2.24, 2.45) is 5.73 Å². The highest BCUT2D eigenvalue weighted by atomic mass is 79.9. The first-order chi connectivity index (χ1) is 9.23. The molecular weight excluding hydrogens is 324 g/mol. The van der Waals surface area contributed by atoms with Crippen molar-refractivity contribution >= 4 is 22.0 Å². The fourth-order valence-electron chi connectivity index (χ4n) is 1.55. The van der Waals surface area contributed by atoms with Crippen molar-refractivity contribution in [1.29, 1.82) is 0 Å². The second-order valence-electron chi connectivity index (χ2n) is 5.38. The number of nitrogens with one attached hydrogen (secondary N) is 1. The molecule has 0 saturated heterocycles. The van der Waals surface area contributed by atoms with Crippen LogP contribution in [0.15, 0.2) is 22.7 Å². The Labute approximate surface area is 127 Å². The molecule has 0 aliphatic rings. The minimum atomic E-state index is -0.523. The van der Waals surface area contributed by atoms with Gasteiger partial charge in [-0.2, -0.15) is 0 Å². The van der Waals surface area contributed by atoms with Gasteiger partial charge in [0.05, 0.1) is 7.11 Å². The zero-order chi connectivity index (χ0) is 15.3. The third-order valence-corrected chi connectivity index (χ3v) is 3.19. The first kappa shape index (κ1) is 16.8. The number of amides is 1. The van der Waals surface area contributed by atoms with Crippen LogP contribution in [-0.4, -0.2) is 25.3 Å². The number of methoxy groups -OCH3 is 1. The Morgan fingerprint density at radius 3 is 2.65 bits per heavy atom. The van der Waals surface area contributed by atoms with Gasteiger partial charge in [0.25, 0.3) is 0 Å². The van der Waals surface area contributed by atoms with E-state index >= 15 is 0 Å². The van der Waals surface area contributed by atoms with Gasteiger partial charge in [-0.3, -0.25) is 0 Å². The van der Waals surface area contributed by atoms with Crippen molar-refractivity contribution in [2.75, 3.05) is 13.7 Å². The van der Waals surface area contributed by atoms with Crippen LogP contribution in [0.5, 0.6) is 5.75 Å². The number of alkyl carbamates (subject to hydrolysis) is 1. The van der Waals surface area contributed by atoms with Crippen LogP contribution in [0.1, 0.15) is 32.4 Å². The van der Waals surface area contributed by atoms with E-state index < -0.39 is 11.7 Å². The van der Waals surface area contributed by atoms with Crippen molar-refractivity contribution in [3.05, 3.63) is 28.2 Å². The van der Waals surface area contributed by atoms with Crippen LogP contribution >= 0.6 is 15.9 Å². The Balaban J connectivity index is 2.63. The number of nitrogens with two attached hydrogens (primary N) is 1. The lowest BCUT2D eigenvalue weighted by Crippen LogP contribution is -2.36. The van der Waals surface area contributed by atoms with Crippen molar-refractivity contribution in [2.45, 2.75) is 32.4 Å². The molecule has 5 nitrogen and oxygen atoms in total. The van der Waals surface area contributed by atoms with Crippen LogP contribution in [-0.2, 0) is 4.74 Å². The lowest BCUT2D eigenvalue weighted by molar-refractivity contribution is 0.0524. The molecule has 1 unspecified atom stereocenters. The topological polar surface area (TPSA) is 73.6 Å². The van der Waals surface area contributed by atoms with Gasteiger partial charge in [0.1, 0.15) is 11.4 Å². The van der Waals surface area contributed by atoms with Crippen LogP contribution < -0.4 is 15.8 Å². The zero-order valence-electron chi connectivity index (χ0n) is 12.2. The maximum Gasteiger partial charge on any atom is 0.407 e. The van der Waals surface area contributed by atoms with Gasteiger partial charge in [-0.05, 0) is 44.5 Å². The number of carbonyl (C=O) groups excluding carboxylic acids is 1. The first-order valence-corrected chi connectivity index (χ1v) is 7.08. The minimum Gasteiger partial charge on any atom is -0.497 e. The molecular formula is C14H21BrN2O3. The summed E-state index contributed by atoms with van der Waals surface area (Å²) in [7, 11) is 1.59. The minimum absolute atomic E-state index is 0.278. The number of hydrogen-bond acceptors (Lipinski definition) is 4. The fourth-order valence-corrected chi connectivity index (χ4v) is 2.09. The molecule has 0 saturated carbocycles. The van der Waals surface area contributed by atoms with Gasteiger partial charge in [0.2, 0.25) is 0 Å². The molecule has 0 aliphatic carbocycles. The number of hydrogen-bond donors (Lipinski definition) is 2. The predicted octanol–water partition coefficient (Wildman–Crippen LogP) is 2.98. The Kier molecular flexibility index (Phi) is 5.83. The second-order valence-corrected chi connectivity index (χ2v) is 6.23. The molecule has 0 aliphatic heterocycles. The van der Waals surface area contributed by atoms with Crippen LogP contribution in [0.4, 0.5) is 4.79 Å². The Morgan fingerprint density at radius 2 is 2.10 bits per heavy atom. The monoisotopic (exact) mass is 344 g/mol. The number of ether oxygens (including phenoxy) is 2. The third-order valence-electron chi connectivity index (χ3n) is 2.47. The first-order valence-electron chi connectivity index (χ1n) is 6.29. The maximum atomic E-state index is 11.6. The number of benzene rings is 1. The van der Waals surface area contributed by atoms with Crippen molar-refractivity contribution in [1.82, 2.24) is 5.32 Å². The molecule has 20 heavy (non-hydrogen) atoms. The molecule has 0 fully saturated rings. The summed E-state index contributed by atoms with van der Waals surface area (Å²) in [5, 5.41) is 2.65. The lowest BCUT2D eigenvalue weighted by Gasteiger charge is -2.21. The predicted molar refractivity (Wildman–Crippen MR) is 81.9 cm³/mol. The summed E-state index contributed by atoms with van der Waals surface area (Å²) in [6.07, 6.45) is -0.480. The molecule has 1 aromatic rings. The smallest absolute Gasteiger partial charge is 0.407 e. The molecule has 0 spiro atoms. The van der Waals surface area contributed by atoms with E-state index in [9.17, 15) is 4.79 Å². The Bertz CT molecular complexity index is 472. The molecule has 112 valence electrons. The van der Waals surface area contributed by atoms with Crippen molar-refractivity contribution in [3.63, 3.8) is 0 Å². The van der Waals surface area contributed by atoms with E-state index in [1.807, 2.05) is 39.0 Å². The van der Waals surface area contributed by atoms with Gasteiger partial charge in [-0.1, -0.05) is 15.9 Å². The van der Waals surface area contributed by atoms with Crippen LogP contribution in [0, 0.1) is 0 Å². The molecule has 0 heterocycles. The highest BCUT2D eigenvalue weighted by Crippen LogP contribution is 2.26. The highest BCUT2D eigenvalue weighted by Gasteiger charge is 2.17. The highest BCUT2D eigenvalue weighted by molar-refractivity contribution is 9.10. The average molecular weight is 345 g/mol. The number of halogens is 1. The Hall–Kier alpha value is -1.27. The molecule has 0 bridgehead atoms. The molecule has 6 heteroatoms. The van der Waals surface area contributed by atoms with E-state index in [1.54, 1.807) is 7.11 Å². The van der Waals surface area contributed by atoms with Gasteiger partial charge in [0, 0.05) is 17.1 Å². The van der Waals surface area contributed by atoms with Crippen molar-refractivity contribution < 1.29 is 14.3 Å². The van der Waals surface area contributed by atoms with Gasteiger partial charge in [-0.25, -0.2) is 4.79 Å². The summed E-state index contributed by atoms with van der Waals surface area (Å²) in [6.45, 7) is 5.71. The van der Waals surface area contributed by atoms with E-state index in [0.29, 0.717) is 0 Å². The number of rotatable bonds is 4. The summed E-state index contributed by atoms with van der Waals surface area (Å²) in [4.78, 5) is 11.6. The van der Waals surface area contributed by atoms with Gasteiger partial charge in [-0.15, -0.1) is 0 Å². The summed E-state index contributed by atoms with van der Waals surface area (Å²) in [6, 6.07) is 5.18. The van der Waals surface area contributed by atoms with Crippen LogP contribution in [0.3, 0.4) is 0 Å². The van der Waals surface area contributed by atoms with Crippen molar-refractivity contribution in [3.8, 4) is 5.75 Å². The molecule has 3 N–H and O–H groups in total. The third kappa shape index (κ3) is 5.38. The summed E-state index contributed by atoms with van der Waals surface area (Å²) in [5.41, 5.74) is 6.41. The lowest BCUT2D eigenvalue weighted by atomic mass is 10.1. The van der Waals surface area contributed by atoms with E-state index in [-0.39, 0.29) is 12.6 Å². The largest absolute Gasteiger partial charge is 0.497 e. The van der Waals surface area contributed by atoms with E-state index in [2.05, 4.69) is 21.2 Å². The normalized spacial score (nSPS) is 12.7. The fraction of sp³-hybridized carbons (Fsp3) is 0.500. The second kappa shape index (κ2) is 6.95. The summed E-state index contributed by atoms with van der Waals surface area (Å²) in [5.74, 6) is 0.718. The molecule has 0 radical (unpaired) electrons. The zero-order valence-corrected chi connectivity index (χ0v) is 13.8. The maximum absolute atomic E-state index is 11.6. The quantitative estimate of drug-likeness (QED) is 0.880. The van der Waals surface area contributed by atoms with Crippen LogP contribution in [0.2, 0.25) is 0 Å². The van der Waals surface area contributed by atoms with Gasteiger partial charge in [0.15, 0.2) is 0 Å². The Morgan fingerprint density at radius 1 is 1.45 bits per heavy atom. The van der Waals surface area contributed by atoms with Gasteiger partial charge < -0.3 is 20.5 Å². The van der Waals surface area contributed by atoms with Gasteiger partial charge >= 0.3 is 6.09 Å². The van der Waals surface area contributed by atoms with Crippen LogP contribution in [0.25, 0.3) is 0 Å². The molecule has 1 aromatic carbocycles. The standard InChI is InChI=1S/C14H21BrN2O3/c1-14(2,3)20-13(18)17-8-12(16)10-7-9(19-4)5-6-11(10)15/h5-7,12H,8,16H2,1-4H3,(H,17,18). The summed E-state index contributed by atoms with van der Waals surface area (Å²) < 4.78 is 11.2. The van der Waals surface area contributed by atoms with E-state index in [0.717, 1.165) is 15.8 Å². The van der Waals surface area contributed by atoms with E-state index in [1.165, 1.54) is 0 Å². The summed E-state index contributed by atoms with van der Waals surface area (Å²) >= 11 is 3.44. The molecule has 1 atom stereocenters. The average Bonchev–Trinajstić information content (AvgIpc) is 2.34.